The average molecular weight is 432 g/mol. The fourth-order valence-corrected chi connectivity index (χ4v) is 4.10. The van der Waals surface area contributed by atoms with Crippen LogP contribution in [0.25, 0.3) is 0 Å². The van der Waals surface area contributed by atoms with Crippen LogP contribution in [0.3, 0.4) is 0 Å². The Morgan fingerprint density at radius 3 is 2.69 bits per heavy atom. The highest BCUT2D eigenvalue weighted by molar-refractivity contribution is 9.10. The molecule has 0 spiro atoms. The van der Waals surface area contributed by atoms with Gasteiger partial charge in [-0.25, -0.2) is 0 Å². The van der Waals surface area contributed by atoms with Crippen LogP contribution in [0.15, 0.2) is 53.0 Å². The van der Waals surface area contributed by atoms with E-state index in [1.807, 2.05) is 24.3 Å². The predicted octanol–water partition coefficient (Wildman–Crippen LogP) is 5.73. The number of thiocarbonyl (C=S) groups is 1. The first kappa shape index (κ1) is 19.2. The van der Waals surface area contributed by atoms with Crippen molar-refractivity contribution < 1.29 is 0 Å². The summed E-state index contributed by atoms with van der Waals surface area (Å²) in [5, 5.41) is 7.22. The Bertz CT molecular complexity index is 747. The van der Waals surface area contributed by atoms with Crippen LogP contribution >= 0.6 is 28.1 Å². The summed E-state index contributed by atoms with van der Waals surface area (Å²) in [4.78, 5) is 2.50. The molecule has 0 bridgehead atoms. The first-order valence-electron chi connectivity index (χ1n) is 9.19. The van der Waals surface area contributed by atoms with Crippen molar-refractivity contribution in [3.8, 4) is 0 Å². The number of halogens is 1. The first-order chi connectivity index (χ1) is 12.5. The largest absolute Gasteiger partial charge is 0.371 e. The van der Waals surface area contributed by atoms with Gasteiger partial charge in [0.05, 0.1) is 6.04 Å². The van der Waals surface area contributed by atoms with Gasteiger partial charge in [-0.15, -0.1) is 0 Å². The van der Waals surface area contributed by atoms with Crippen LogP contribution in [0.5, 0.6) is 0 Å². The number of hydrogen-bond acceptors (Lipinski definition) is 2. The van der Waals surface area contributed by atoms with Crippen molar-refractivity contribution in [2.45, 2.75) is 32.7 Å². The van der Waals surface area contributed by atoms with E-state index >= 15 is 0 Å². The smallest absolute Gasteiger partial charge is 0.171 e. The molecule has 138 valence electrons. The molecule has 3 rings (SSSR count). The summed E-state index contributed by atoms with van der Waals surface area (Å²) in [7, 11) is 0. The number of piperidine rings is 1. The van der Waals surface area contributed by atoms with Gasteiger partial charge in [0, 0.05) is 28.9 Å². The molecule has 1 heterocycles. The van der Waals surface area contributed by atoms with E-state index in [2.05, 4.69) is 69.6 Å². The maximum atomic E-state index is 5.45. The fraction of sp³-hybridized carbons (Fsp3) is 0.381. The molecule has 0 radical (unpaired) electrons. The van der Waals surface area contributed by atoms with Crippen LogP contribution in [0.1, 0.15) is 38.3 Å². The molecule has 0 amide bonds. The molecule has 2 atom stereocenters. The van der Waals surface area contributed by atoms with E-state index in [0.717, 1.165) is 29.2 Å². The first-order valence-corrected chi connectivity index (χ1v) is 10.4. The summed E-state index contributed by atoms with van der Waals surface area (Å²) in [6, 6.07) is 17.0. The molecule has 2 N–H and O–H groups in total. The molecule has 3 nitrogen and oxygen atoms in total. The van der Waals surface area contributed by atoms with Gasteiger partial charge >= 0.3 is 0 Å². The van der Waals surface area contributed by atoms with E-state index in [4.69, 9.17) is 12.2 Å². The molecule has 1 aliphatic heterocycles. The monoisotopic (exact) mass is 431 g/mol. The zero-order chi connectivity index (χ0) is 18.5. The van der Waals surface area contributed by atoms with Crippen molar-refractivity contribution in [3.63, 3.8) is 0 Å². The van der Waals surface area contributed by atoms with Crippen LogP contribution in [-0.2, 0) is 0 Å². The minimum absolute atomic E-state index is 0.150. The molecule has 2 aromatic rings. The number of nitrogens with one attached hydrogen (secondary N) is 2. The number of benzene rings is 2. The average Bonchev–Trinajstić information content (AvgIpc) is 2.61. The highest BCUT2D eigenvalue weighted by Crippen LogP contribution is 2.24. The fourth-order valence-electron chi connectivity index (χ4n) is 3.41. The third-order valence-corrected chi connectivity index (χ3v) is 5.56. The summed E-state index contributed by atoms with van der Waals surface area (Å²) in [6.07, 6.45) is 2.63. The van der Waals surface area contributed by atoms with Crippen molar-refractivity contribution in [2.75, 3.05) is 23.3 Å². The van der Waals surface area contributed by atoms with Crippen LogP contribution < -0.4 is 15.5 Å². The van der Waals surface area contributed by atoms with Gasteiger partial charge in [0.25, 0.3) is 0 Å². The van der Waals surface area contributed by atoms with Crippen molar-refractivity contribution in [3.05, 3.63) is 58.6 Å². The maximum absolute atomic E-state index is 5.45. The lowest BCUT2D eigenvalue weighted by Crippen LogP contribution is -2.34. The standard InChI is InChI=1S/C21H26BrN3S/c1-15-5-4-12-25(14-15)20-10-8-17(9-11-20)16(2)23-21(26)24-19-7-3-6-18(22)13-19/h3,6-11,13,15-16H,4-5,12,14H2,1-2H3,(H2,23,24,26)/t15-,16-/m1/s1. The molecule has 1 saturated heterocycles. The predicted molar refractivity (Wildman–Crippen MR) is 119 cm³/mol. The van der Waals surface area contributed by atoms with E-state index < -0.39 is 0 Å². The lowest BCUT2D eigenvalue weighted by Gasteiger charge is -2.33. The van der Waals surface area contributed by atoms with Gasteiger partial charge in [-0.3, -0.25) is 0 Å². The Labute approximate surface area is 170 Å². The lowest BCUT2D eigenvalue weighted by molar-refractivity contribution is 0.447. The molecule has 1 aliphatic rings. The molecule has 26 heavy (non-hydrogen) atoms. The molecular weight excluding hydrogens is 406 g/mol. The zero-order valence-corrected chi connectivity index (χ0v) is 17.7. The number of rotatable bonds is 4. The topological polar surface area (TPSA) is 27.3 Å². The van der Waals surface area contributed by atoms with Crippen LogP contribution in [0, 0.1) is 5.92 Å². The second-order valence-electron chi connectivity index (χ2n) is 7.12. The van der Waals surface area contributed by atoms with Gasteiger partial charge < -0.3 is 15.5 Å². The number of hydrogen-bond donors (Lipinski definition) is 2. The lowest BCUT2D eigenvalue weighted by atomic mass is 9.99. The Morgan fingerprint density at radius 1 is 1.23 bits per heavy atom. The Balaban J connectivity index is 1.57. The molecule has 0 unspecified atom stereocenters. The summed E-state index contributed by atoms with van der Waals surface area (Å²) in [5.74, 6) is 0.783. The van der Waals surface area contributed by atoms with Crippen LogP contribution in [0.4, 0.5) is 11.4 Å². The van der Waals surface area contributed by atoms with Crippen LogP contribution in [-0.4, -0.2) is 18.2 Å². The number of nitrogens with zero attached hydrogens (tertiary/aromatic N) is 1. The van der Waals surface area contributed by atoms with Crippen LogP contribution in [0.2, 0.25) is 0 Å². The second kappa shape index (κ2) is 8.87. The number of anilines is 2. The second-order valence-corrected chi connectivity index (χ2v) is 8.44. The molecule has 5 heteroatoms. The highest BCUT2D eigenvalue weighted by Gasteiger charge is 2.17. The molecular formula is C21H26BrN3S. The van der Waals surface area contributed by atoms with E-state index in [-0.39, 0.29) is 6.04 Å². The van der Waals surface area contributed by atoms with Gasteiger partial charge in [-0.1, -0.05) is 41.1 Å². The third-order valence-electron chi connectivity index (χ3n) is 4.85. The normalized spacial score (nSPS) is 18.3. The van der Waals surface area contributed by atoms with Crippen molar-refractivity contribution in [1.82, 2.24) is 5.32 Å². The zero-order valence-electron chi connectivity index (χ0n) is 15.3. The van der Waals surface area contributed by atoms with E-state index in [0.29, 0.717) is 5.11 Å². The minimum atomic E-state index is 0.150. The highest BCUT2D eigenvalue weighted by atomic mass is 79.9. The van der Waals surface area contributed by atoms with E-state index in [9.17, 15) is 0 Å². The van der Waals surface area contributed by atoms with Gasteiger partial charge in [-0.2, -0.15) is 0 Å². The van der Waals surface area contributed by atoms with Gasteiger partial charge in [-0.05, 0) is 73.8 Å². The SMILES string of the molecule is C[C@@H]1CCCN(c2ccc([C@@H](C)NC(=S)Nc3cccc(Br)c3)cc2)C1. The summed E-state index contributed by atoms with van der Waals surface area (Å²) < 4.78 is 1.03. The van der Waals surface area contributed by atoms with Crippen molar-refractivity contribution in [1.29, 1.82) is 0 Å². The van der Waals surface area contributed by atoms with Gasteiger partial charge in [0.2, 0.25) is 0 Å². The minimum Gasteiger partial charge on any atom is -0.371 e. The van der Waals surface area contributed by atoms with Crippen molar-refractivity contribution >= 4 is 44.6 Å². The molecule has 2 aromatic carbocycles. The summed E-state index contributed by atoms with van der Waals surface area (Å²) in [6.45, 7) is 6.80. The Morgan fingerprint density at radius 2 is 2.00 bits per heavy atom. The van der Waals surface area contributed by atoms with E-state index in [1.165, 1.54) is 24.1 Å². The molecule has 0 aliphatic carbocycles. The summed E-state index contributed by atoms with van der Waals surface area (Å²) in [5.41, 5.74) is 3.53. The molecule has 1 fully saturated rings. The molecule has 0 saturated carbocycles. The third kappa shape index (κ3) is 5.21. The Hall–Kier alpha value is -1.59. The van der Waals surface area contributed by atoms with Crippen molar-refractivity contribution in [2.24, 2.45) is 5.92 Å². The van der Waals surface area contributed by atoms with E-state index in [1.54, 1.807) is 0 Å². The maximum Gasteiger partial charge on any atom is 0.171 e. The Kier molecular flexibility index (Phi) is 6.54. The molecule has 0 aromatic heterocycles. The van der Waals surface area contributed by atoms with Gasteiger partial charge in [0.1, 0.15) is 0 Å². The van der Waals surface area contributed by atoms with Gasteiger partial charge in [0.15, 0.2) is 5.11 Å². The quantitative estimate of drug-likeness (QED) is 0.603. The summed E-state index contributed by atoms with van der Waals surface area (Å²) >= 11 is 8.93.